The zero-order chi connectivity index (χ0) is 24.6. The Balaban J connectivity index is 0.000000177. The third-order valence-corrected chi connectivity index (χ3v) is 5.67. The molecule has 0 unspecified atom stereocenters. The summed E-state index contributed by atoms with van der Waals surface area (Å²) < 4.78 is 0. The second-order valence-corrected chi connectivity index (χ2v) is 9.61. The van der Waals surface area contributed by atoms with Crippen LogP contribution in [0, 0.1) is 13.8 Å². The van der Waals surface area contributed by atoms with Crippen LogP contribution in [0.1, 0.15) is 11.1 Å². The second kappa shape index (κ2) is 13.4. The number of hydrogen-bond acceptors (Lipinski definition) is 2. The van der Waals surface area contributed by atoms with Gasteiger partial charge in [-0.3, -0.25) is 9.97 Å². The van der Waals surface area contributed by atoms with Gasteiger partial charge in [0.1, 0.15) is 0 Å². The topological polar surface area (TPSA) is 25.8 Å². The summed E-state index contributed by atoms with van der Waals surface area (Å²) in [5, 5.41) is 5.17. The summed E-state index contributed by atoms with van der Waals surface area (Å²) >= 11 is 0. The van der Waals surface area contributed by atoms with Gasteiger partial charge in [0.05, 0.1) is 11.4 Å². The van der Waals surface area contributed by atoms with Gasteiger partial charge in [0.2, 0.25) is 0 Å². The van der Waals surface area contributed by atoms with Gasteiger partial charge >= 0.3 is 26.2 Å². The van der Waals surface area contributed by atoms with Crippen molar-refractivity contribution in [3.8, 4) is 22.5 Å². The van der Waals surface area contributed by atoms with E-state index < -0.39 is 0 Å². The molecule has 0 saturated carbocycles. The van der Waals surface area contributed by atoms with Crippen molar-refractivity contribution in [3.05, 3.63) is 121 Å². The number of nitrogens with zero attached hydrogens (tertiary/aromatic N) is 2. The Hall–Kier alpha value is -2.94. The zero-order valence-electron chi connectivity index (χ0n) is 21.3. The molecule has 4 heteroatoms. The van der Waals surface area contributed by atoms with Crippen molar-refractivity contribution in [2.24, 2.45) is 0 Å². The van der Waals surface area contributed by atoms with Crippen molar-refractivity contribution in [3.63, 3.8) is 0 Å². The molecule has 0 saturated heterocycles. The van der Waals surface area contributed by atoms with Crippen molar-refractivity contribution in [1.29, 1.82) is 0 Å². The van der Waals surface area contributed by atoms with Gasteiger partial charge in [0.25, 0.3) is 0 Å². The van der Waals surface area contributed by atoms with Gasteiger partial charge in [-0.15, -0.1) is 69.1 Å². The third-order valence-electron chi connectivity index (χ3n) is 5.67. The quantitative estimate of drug-likeness (QED) is 0.156. The normalized spacial score (nSPS) is 10.1. The Labute approximate surface area is 236 Å². The van der Waals surface area contributed by atoms with E-state index in [1.807, 2.05) is 36.7 Å². The SMILES string of the molecule is C[Si]C.Cc1cc2c(-c3ccccn3)cccc2[cH-]1.Cc1cc2c(-c3ccccn3)cccc2[cH-]1.[Zr+2]. The Bertz CT molecular complexity index is 1390. The van der Waals surface area contributed by atoms with E-state index in [1.165, 1.54) is 43.8 Å². The van der Waals surface area contributed by atoms with Crippen molar-refractivity contribution in [1.82, 2.24) is 9.97 Å². The number of hydrogen-bond donors (Lipinski definition) is 0. The molecule has 0 aliphatic carbocycles. The Morgan fingerprint density at radius 1 is 0.583 bits per heavy atom. The Morgan fingerprint density at radius 3 is 1.36 bits per heavy atom. The summed E-state index contributed by atoms with van der Waals surface area (Å²) in [6.45, 7) is 8.56. The maximum Gasteiger partial charge on any atom is 2.00 e. The summed E-state index contributed by atoms with van der Waals surface area (Å²) in [7, 11) is 1.08. The summed E-state index contributed by atoms with van der Waals surface area (Å²) in [4.78, 5) is 8.82. The summed E-state index contributed by atoms with van der Waals surface area (Å²) in [5.41, 5.74) is 7.12. The van der Waals surface area contributed by atoms with E-state index >= 15 is 0 Å². The van der Waals surface area contributed by atoms with E-state index in [-0.39, 0.29) is 26.2 Å². The third kappa shape index (κ3) is 6.63. The van der Waals surface area contributed by atoms with Crippen LogP contribution in [0.15, 0.2) is 109 Å². The maximum absolute atomic E-state index is 4.41. The smallest absolute Gasteiger partial charge is 0.257 e. The second-order valence-electron chi connectivity index (χ2n) is 8.61. The molecule has 2 radical (unpaired) electrons. The molecule has 2 heterocycles. The number of aryl methyl sites for hydroxylation is 2. The molecule has 0 fully saturated rings. The minimum absolute atomic E-state index is 0. The van der Waals surface area contributed by atoms with Crippen LogP contribution in [0.2, 0.25) is 13.1 Å². The monoisotopic (exact) mass is 560 g/mol. The van der Waals surface area contributed by atoms with Gasteiger partial charge in [0, 0.05) is 21.9 Å². The molecule has 36 heavy (non-hydrogen) atoms. The molecule has 6 aromatic rings. The summed E-state index contributed by atoms with van der Waals surface area (Å²) in [6.07, 6.45) is 3.67. The standard InChI is InChI=1S/2C15H12N.C2H6Si.Zr/c2*1-11-9-12-5-4-6-13(14(12)10-11)15-7-2-3-8-16-15;1-3-2;/h2*2-10H,1H3;1-2H3;/q2*-1;;+2. The van der Waals surface area contributed by atoms with Crippen molar-refractivity contribution in [2.75, 3.05) is 0 Å². The van der Waals surface area contributed by atoms with Gasteiger partial charge in [-0.25, -0.2) is 0 Å². The molecule has 0 amide bonds. The average Bonchev–Trinajstić information content (AvgIpc) is 3.46. The fourth-order valence-corrected chi connectivity index (χ4v) is 4.26. The van der Waals surface area contributed by atoms with Crippen molar-refractivity contribution in [2.45, 2.75) is 26.9 Å². The van der Waals surface area contributed by atoms with Gasteiger partial charge < -0.3 is 0 Å². The fourth-order valence-electron chi connectivity index (χ4n) is 4.26. The van der Waals surface area contributed by atoms with Gasteiger partial charge in [-0.2, -0.15) is 12.1 Å². The van der Waals surface area contributed by atoms with Crippen LogP contribution in [0.5, 0.6) is 0 Å². The van der Waals surface area contributed by atoms with Crippen molar-refractivity contribution >= 4 is 31.1 Å². The molecule has 2 aromatic heterocycles. The van der Waals surface area contributed by atoms with Crippen LogP contribution in [0.25, 0.3) is 44.1 Å². The van der Waals surface area contributed by atoms with Gasteiger partial charge in [0.15, 0.2) is 0 Å². The molecule has 0 N–H and O–H groups in total. The molecule has 0 spiro atoms. The first kappa shape index (κ1) is 27.6. The Kier molecular flexibility index (Phi) is 10.3. The van der Waals surface area contributed by atoms with E-state index in [1.54, 1.807) is 0 Å². The number of rotatable bonds is 2. The number of aromatic nitrogens is 2. The minimum Gasteiger partial charge on any atom is -0.257 e. The molecule has 2 nitrogen and oxygen atoms in total. The van der Waals surface area contributed by atoms with Crippen LogP contribution < -0.4 is 0 Å². The predicted octanol–water partition coefficient (Wildman–Crippen LogP) is 8.64. The van der Waals surface area contributed by atoms with Crippen LogP contribution >= 0.6 is 0 Å². The molecule has 0 aliphatic rings. The molecule has 0 aliphatic heterocycles. The molecular weight excluding hydrogens is 532 g/mol. The van der Waals surface area contributed by atoms with E-state index in [0.29, 0.717) is 0 Å². The van der Waals surface area contributed by atoms with Crippen LogP contribution in [-0.2, 0) is 26.2 Å². The maximum atomic E-state index is 4.41. The molecule has 6 rings (SSSR count). The zero-order valence-corrected chi connectivity index (χ0v) is 24.7. The van der Waals surface area contributed by atoms with Gasteiger partial charge in [-0.1, -0.05) is 51.2 Å². The van der Waals surface area contributed by atoms with E-state index in [4.69, 9.17) is 0 Å². The fraction of sp³-hybridized carbons (Fsp3) is 0.125. The molecule has 4 aromatic carbocycles. The Morgan fingerprint density at radius 2 is 1.00 bits per heavy atom. The summed E-state index contributed by atoms with van der Waals surface area (Å²) in [5.74, 6) is 0. The van der Waals surface area contributed by atoms with Crippen LogP contribution in [-0.4, -0.2) is 19.5 Å². The van der Waals surface area contributed by atoms with E-state index in [0.717, 1.165) is 20.9 Å². The van der Waals surface area contributed by atoms with Crippen molar-refractivity contribution < 1.29 is 26.2 Å². The first-order valence-corrected chi connectivity index (χ1v) is 13.8. The number of benzene rings is 2. The largest absolute Gasteiger partial charge is 2.00 e. The molecular formula is C32H30N2SiZr. The molecule has 176 valence electrons. The average molecular weight is 562 g/mol. The minimum atomic E-state index is 0. The first-order chi connectivity index (χ1) is 17.1. The first-order valence-electron chi connectivity index (χ1n) is 11.8. The molecule has 0 bridgehead atoms. The molecule has 0 atom stereocenters. The predicted molar refractivity (Wildman–Crippen MR) is 152 cm³/mol. The number of fused-ring (bicyclic) bond motifs is 2. The van der Waals surface area contributed by atoms with Gasteiger partial charge in [-0.05, 0) is 35.4 Å². The summed E-state index contributed by atoms with van der Waals surface area (Å²) in [6, 6.07) is 33.6. The number of pyridine rings is 2. The van der Waals surface area contributed by atoms with Crippen LogP contribution in [0.4, 0.5) is 0 Å². The van der Waals surface area contributed by atoms with Crippen LogP contribution in [0.3, 0.4) is 0 Å². The van der Waals surface area contributed by atoms with E-state index in [9.17, 15) is 0 Å². The van der Waals surface area contributed by atoms with E-state index in [2.05, 4.69) is 110 Å².